The molecule has 1 nitrogen and oxygen atoms in total. The summed E-state index contributed by atoms with van der Waals surface area (Å²) in [6.07, 6.45) is -6.13. The topological polar surface area (TPSA) is 9.23 Å². The predicted molar refractivity (Wildman–Crippen MR) is 112 cm³/mol. The molecule has 3 rings (SSSR count). The standard InChI is InChI=1S/C25H24F10O/c1-36-12-14-5-2-13(3-6-14)4-7-15-8-17(26)21(18(27)9-15)16-10-19(28)22(20(29)11-16)24(31,32)23(30)25(33,34)35/h8-11,13-14,23H,2-7,12H2,1H3. The number of aryl methyl sites for hydroxylation is 1. The van der Waals surface area contributed by atoms with Crippen LogP contribution in [0, 0.1) is 35.1 Å². The van der Waals surface area contributed by atoms with Crippen molar-refractivity contribution in [3.63, 3.8) is 0 Å². The lowest BCUT2D eigenvalue weighted by Gasteiger charge is -2.28. The van der Waals surface area contributed by atoms with Gasteiger partial charge in [-0.1, -0.05) is 12.8 Å². The second-order valence-corrected chi connectivity index (χ2v) is 9.16. The first-order chi connectivity index (χ1) is 16.8. The minimum atomic E-state index is -6.10. The van der Waals surface area contributed by atoms with Gasteiger partial charge >= 0.3 is 12.1 Å². The molecular weight excluding hydrogens is 506 g/mol. The van der Waals surface area contributed by atoms with Crippen molar-refractivity contribution in [2.75, 3.05) is 13.7 Å². The molecule has 1 aliphatic carbocycles. The summed E-state index contributed by atoms with van der Waals surface area (Å²) in [5.74, 6) is -11.8. The zero-order chi connectivity index (χ0) is 26.8. The highest BCUT2D eigenvalue weighted by molar-refractivity contribution is 5.66. The van der Waals surface area contributed by atoms with E-state index in [1.807, 2.05) is 0 Å². The van der Waals surface area contributed by atoms with Crippen molar-refractivity contribution in [2.24, 2.45) is 11.8 Å². The number of methoxy groups -OCH3 is 1. The van der Waals surface area contributed by atoms with Gasteiger partial charge in [-0.15, -0.1) is 0 Å². The van der Waals surface area contributed by atoms with E-state index in [9.17, 15) is 43.9 Å². The van der Waals surface area contributed by atoms with Crippen molar-refractivity contribution in [2.45, 2.75) is 56.8 Å². The second-order valence-electron chi connectivity index (χ2n) is 9.16. The minimum absolute atomic E-state index is 0.0506. The fraction of sp³-hybridized carbons (Fsp3) is 0.520. The van der Waals surface area contributed by atoms with Gasteiger partial charge in [0.1, 0.15) is 23.3 Å². The molecule has 11 heteroatoms. The summed E-state index contributed by atoms with van der Waals surface area (Å²) < 4.78 is 141. The summed E-state index contributed by atoms with van der Waals surface area (Å²) in [7, 11) is 1.64. The molecule has 0 aromatic heterocycles. The summed E-state index contributed by atoms with van der Waals surface area (Å²) in [6.45, 7) is 0.682. The first kappa shape index (κ1) is 28.3. The SMILES string of the molecule is COCC1CCC(CCc2cc(F)c(-c3cc(F)c(C(F)(F)C(F)C(F)(F)F)c(F)c3)c(F)c2)CC1. The van der Waals surface area contributed by atoms with Crippen molar-refractivity contribution in [3.05, 3.63) is 58.7 Å². The van der Waals surface area contributed by atoms with Gasteiger partial charge in [-0.25, -0.2) is 22.0 Å². The maximum atomic E-state index is 14.7. The average molecular weight is 530 g/mol. The third kappa shape index (κ3) is 6.15. The molecule has 1 atom stereocenters. The molecule has 0 amide bonds. The summed E-state index contributed by atoms with van der Waals surface area (Å²) in [5, 5.41) is 0. The number of hydrogen-bond donors (Lipinski definition) is 0. The molecule has 1 fully saturated rings. The van der Waals surface area contributed by atoms with Gasteiger partial charge in [-0.3, -0.25) is 0 Å². The van der Waals surface area contributed by atoms with Gasteiger partial charge in [0, 0.05) is 13.7 Å². The Morgan fingerprint density at radius 2 is 1.31 bits per heavy atom. The molecule has 1 unspecified atom stereocenters. The maximum absolute atomic E-state index is 14.7. The van der Waals surface area contributed by atoms with Gasteiger partial charge in [0.15, 0.2) is 0 Å². The molecule has 1 saturated carbocycles. The van der Waals surface area contributed by atoms with Crippen molar-refractivity contribution < 1.29 is 48.6 Å². The monoisotopic (exact) mass is 530 g/mol. The molecule has 36 heavy (non-hydrogen) atoms. The number of hydrogen-bond acceptors (Lipinski definition) is 1. The molecular formula is C25H24F10O. The largest absolute Gasteiger partial charge is 0.426 e. The maximum Gasteiger partial charge on any atom is 0.426 e. The van der Waals surface area contributed by atoms with E-state index in [2.05, 4.69) is 0 Å². The fourth-order valence-electron chi connectivity index (χ4n) is 4.71. The van der Waals surface area contributed by atoms with Crippen LogP contribution >= 0.6 is 0 Å². The van der Waals surface area contributed by atoms with E-state index in [1.54, 1.807) is 7.11 Å². The molecule has 2 aromatic carbocycles. The van der Waals surface area contributed by atoms with Crippen LogP contribution in [0.25, 0.3) is 11.1 Å². The van der Waals surface area contributed by atoms with E-state index in [-0.39, 0.29) is 17.7 Å². The summed E-state index contributed by atoms with van der Waals surface area (Å²) in [5.41, 5.74) is -4.00. The number of ether oxygens (including phenoxy) is 1. The third-order valence-corrected chi connectivity index (χ3v) is 6.58. The Morgan fingerprint density at radius 3 is 1.78 bits per heavy atom. The van der Waals surface area contributed by atoms with Crippen LogP contribution in [0.5, 0.6) is 0 Å². The van der Waals surface area contributed by atoms with Crippen molar-refractivity contribution in [1.82, 2.24) is 0 Å². The Bertz CT molecular complexity index is 1010. The second kappa shape index (κ2) is 11.0. The lowest BCUT2D eigenvalue weighted by Crippen LogP contribution is -2.40. The Labute approximate surface area is 201 Å². The molecule has 0 spiro atoms. The molecule has 2 aromatic rings. The molecule has 0 N–H and O–H groups in total. The van der Waals surface area contributed by atoms with Gasteiger partial charge in [-0.2, -0.15) is 22.0 Å². The van der Waals surface area contributed by atoms with Crippen LogP contribution in [0.1, 0.15) is 43.2 Å². The Hall–Kier alpha value is -2.30. The van der Waals surface area contributed by atoms with E-state index in [4.69, 9.17) is 4.74 Å². The normalized spacial score (nSPS) is 20.0. The van der Waals surface area contributed by atoms with Gasteiger partial charge in [-0.05, 0) is 72.9 Å². The van der Waals surface area contributed by atoms with E-state index in [1.165, 1.54) is 0 Å². The van der Waals surface area contributed by atoms with Gasteiger partial charge in [0.25, 0.3) is 6.17 Å². The van der Waals surface area contributed by atoms with Crippen LogP contribution in [-0.2, 0) is 17.1 Å². The molecule has 200 valence electrons. The van der Waals surface area contributed by atoms with E-state index >= 15 is 0 Å². The molecule has 0 saturated heterocycles. The number of halogens is 10. The summed E-state index contributed by atoms with van der Waals surface area (Å²) >= 11 is 0. The van der Waals surface area contributed by atoms with E-state index in [0.717, 1.165) is 37.8 Å². The van der Waals surface area contributed by atoms with Gasteiger partial charge < -0.3 is 4.74 Å². The van der Waals surface area contributed by atoms with Gasteiger partial charge in [0.2, 0.25) is 0 Å². The van der Waals surface area contributed by atoms with Crippen LogP contribution in [0.4, 0.5) is 43.9 Å². The van der Waals surface area contributed by atoms with Crippen molar-refractivity contribution in [3.8, 4) is 11.1 Å². The Balaban J connectivity index is 1.80. The predicted octanol–water partition coefficient (Wildman–Crippen LogP) is 8.29. The fourth-order valence-corrected chi connectivity index (χ4v) is 4.71. The summed E-state index contributed by atoms with van der Waals surface area (Å²) in [4.78, 5) is 0. The lowest BCUT2D eigenvalue weighted by molar-refractivity contribution is -0.249. The highest BCUT2D eigenvalue weighted by Gasteiger charge is 2.59. The van der Waals surface area contributed by atoms with Crippen molar-refractivity contribution >= 4 is 0 Å². The smallest absolute Gasteiger partial charge is 0.384 e. The zero-order valence-electron chi connectivity index (χ0n) is 19.2. The van der Waals surface area contributed by atoms with Crippen molar-refractivity contribution in [1.29, 1.82) is 0 Å². The number of rotatable bonds is 8. The van der Waals surface area contributed by atoms with Gasteiger partial charge in [0.05, 0.1) is 11.1 Å². The Morgan fingerprint density at radius 1 is 0.806 bits per heavy atom. The Kier molecular flexibility index (Phi) is 8.63. The number of alkyl halides is 6. The van der Waals surface area contributed by atoms with E-state index in [0.29, 0.717) is 31.3 Å². The molecule has 0 heterocycles. The zero-order valence-corrected chi connectivity index (χ0v) is 19.2. The quantitative estimate of drug-likeness (QED) is 0.312. The highest BCUT2D eigenvalue weighted by atomic mass is 19.4. The van der Waals surface area contributed by atoms with Crippen LogP contribution in [0.15, 0.2) is 24.3 Å². The molecule has 1 aliphatic rings. The van der Waals surface area contributed by atoms with E-state index < -0.39 is 58.2 Å². The minimum Gasteiger partial charge on any atom is -0.384 e. The molecule has 0 aliphatic heterocycles. The number of benzene rings is 2. The summed E-state index contributed by atoms with van der Waals surface area (Å²) in [6, 6.07) is 2.01. The van der Waals surface area contributed by atoms with Crippen LogP contribution in [-0.4, -0.2) is 26.1 Å². The highest BCUT2D eigenvalue weighted by Crippen LogP contribution is 2.45. The lowest BCUT2D eigenvalue weighted by atomic mass is 9.80. The van der Waals surface area contributed by atoms with Crippen LogP contribution in [0.3, 0.4) is 0 Å². The molecule has 0 radical (unpaired) electrons. The first-order valence-electron chi connectivity index (χ1n) is 11.3. The third-order valence-electron chi connectivity index (χ3n) is 6.58. The molecule has 0 bridgehead atoms. The van der Waals surface area contributed by atoms with Crippen LogP contribution < -0.4 is 0 Å². The average Bonchev–Trinajstić information content (AvgIpc) is 2.76. The van der Waals surface area contributed by atoms with Crippen LogP contribution in [0.2, 0.25) is 0 Å². The first-order valence-corrected chi connectivity index (χ1v) is 11.3.